The fourth-order valence-electron chi connectivity index (χ4n) is 2.54. The lowest BCUT2D eigenvalue weighted by Gasteiger charge is -2.37. The molecule has 1 aromatic rings. The molecule has 1 fully saturated rings. The largest absolute Gasteiger partial charge is 0.496 e. The molecule has 1 atom stereocenters. The molecule has 1 unspecified atom stereocenters. The molecule has 1 heterocycles. The highest BCUT2D eigenvalue weighted by Gasteiger charge is 2.30. The molecule has 0 amide bonds. The number of hydrogen-bond donors (Lipinski definition) is 1. The lowest BCUT2D eigenvalue weighted by molar-refractivity contribution is 0.0121. The Morgan fingerprint density at radius 2 is 2.11 bits per heavy atom. The summed E-state index contributed by atoms with van der Waals surface area (Å²) in [6, 6.07) is 6.64. The molecule has 1 aliphatic rings. The molecule has 1 aliphatic heterocycles. The van der Waals surface area contributed by atoms with Crippen molar-refractivity contribution < 1.29 is 9.47 Å². The Morgan fingerprint density at radius 1 is 1.37 bits per heavy atom. The molecule has 106 valence electrons. The smallest absolute Gasteiger partial charge is 0.123 e. The average molecular weight is 263 g/mol. The van der Waals surface area contributed by atoms with Crippen LogP contribution in [0, 0.1) is 0 Å². The molecule has 3 nitrogen and oxygen atoms in total. The Bertz CT molecular complexity index is 440. The highest BCUT2D eigenvalue weighted by molar-refractivity contribution is 5.41. The van der Waals surface area contributed by atoms with Crippen LogP contribution in [0.4, 0.5) is 0 Å². The van der Waals surface area contributed by atoms with Crippen molar-refractivity contribution >= 4 is 0 Å². The standard InChI is InChI=1S/C16H25NO2/c1-11(2)12-6-7-15(18-5)13(8-12)14-9-19-10-16(3,4)17-14/h6-8,11,14,17H,9-10H2,1-5H3. The minimum absolute atomic E-state index is 0.00175. The van der Waals surface area contributed by atoms with Crippen molar-refractivity contribution in [1.82, 2.24) is 5.32 Å². The second-order valence-corrected chi connectivity index (χ2v) is 6.25. The summed E-state index contributed by atoms with van der Waals surface area (Å²) < 4.78 is 11.2. The van der Waals surface area contributed by atoms with Gasteiger partial charge in [0, 0.05) is 11.1 Å². The van der Waals surface area contributed by atoms with Gasteiger partial charge in [-0.05, 0) is 31.4 Å². The first-order chi connectivity index (χ1) is 8.93. The Hall–Kier alpha value is -1.06. The molecular formula is C16H25NO2. The molecule has 0 spiro atoms. The number of ether oxygens (including phenoxy) is 2. The number of morpholine rings is 1. The van der Waals surface area contributed by atoms with Crippen molar-refractivity contribution in [2.24, 2.45) is 0 Å². The van der Waals surface area contributed by atoms with Gasteiger partial charge in [-0.3, -0.25) is 0 Å². The molecule has 1 aromatic carbocycles. The van der Waals surface area contributed by atoms with Gasteiger partial charge in [0.05, 0.1) is 26.4 Å². The molecule has 2 rings (SSSR count). The molecule has 0 aromatic heterocycles. The van der Waals surface area contributed by atoms with Crippen molar-refractivity contribution in [3.63, 3.8) is 0 Å². The molecule has 0 bridgehead atoms. The van der Waals surface area contributed by atoms with Crippen molar-refractivity contribution in [2.45, 2.75) is 45.2 Å². The number of hydrogen-bond acceptors (Lipinski definition) is 3. The van der Waals surface area contributed by atoms with Crippen molar-refractivity contribution in [3.8, 4) is 5.75 Å². The second kappa shape index (κ2) is 5.51. The molecule has 3 heteroatoms. The van der Waals surface area contributed by atoms with E-state index in [-0.39, 0.29) is 11.6 Å². The summed E-state index contributed by atoms with van der Waals surface area (Å²) in [5.74, 6) is 1.45. The van der Waals surface area contributed by atoms with Crippen LogP contribution >= 0.6 is 0 Å². The molecule has 0 saturated carbocycles. The SMILES string of the molecule is COc1ccc(C(C)C)cc1C1COCC(C)(C)N1. The Morgan fingerprint density at radius 3 is 2.68 bits per heavy atom. The van der Waals surface area contributed by atoms with E-state index in [1.807, 2.05) is 0 Å². The lowest BCUT2D eigenvalue weighted by atomic mass is 9.94. The highest BCUT2D eigenvalue weighted by atomic mass is 16.5. The molecule has 1 N–H and O–H groups in total. The van der Waals surface area contributed by atoms with E-state index in [0.29, 0.717) is 12.5 Å². The van der Waals surface area contributed by atoms with Crippen LogP contribution in [-0.2, 0) is 4.74 Å². The van der Waals surface area contributed by atoms with Gasteiger partial charge < -0.3 is 14.8 Å². The van der Waals surface area contributed by atoms with Crippen LogP contribution in [0.2, 0.25) is 0 Å². The van der Waals surface area contributed by atoms with E-state index >= 15 is 0 Å². The van der Waals surface area contributed by atoms with Gasteiger partial charge in [0.15, 0.2) is 0 Å². The summed E-state index contributed by atoms with van der Waals surface area (Å²) in [6.45, 7) is 10.2. The third-order valence-electron chi connectivity index (χ3n) is 3.61. The number of rotatable bonds is 3. The predicted octanol–water partition coefficient (Wildman–Crippen LogP) is 3.26. The third kappa shape index (κ3) is 3.28. The zero-order valence-corrected chi connectivity index (χ0v) is 12.6. The second-order valence-electron chi connectivity index (χ2n) is 6.25. The van der Waals surface area contributed by atoms with Crippen molar-refractivity contribution in [1.29, 1.82) is 0 Å². The number of benzene rings is 1. The third-order valence-corrected chi connectivity index (χ3v) is 3.61. The summed E-state index contributed by atoms with van der Waals surface area (Å²) in [6.07, 6.45) is 0. The first kappa shape index (κ1) is 14.4. The maximum Gasteiger partial charge on any atom is 0.123 e. The van der Waals surface area contributed by atoms with E-state index < -0.39 is 0 Å². The Balaban J connectivity index is 2.33. The summed E-state index contributed by atoms with van der Waals surface area (Å²) in [4.78, 5) is 0. The van der Waals surface area contributed by atoms with E-state index in [9.17, 15) is 0 Å². The zero-order valence-electron chi connectivity index (χ0n) is 12.6. The summed E-state index contributed by atoms with van der Waals surface area (Å²) in [5.41, 5.74) is 2.53. The molecule has 0 radical (unpaired) electrons. The van der Waals surface area contributed by atoms with Gasteiger partial charge in [0.1, 0.15) is 5.75 Å². The minimum atomic E-state index is 0.00175. The number of nitrogens with one attached hydrogen (secondary N) is 1. The monoisotopic (exact) mass is 263 g/mol. The summed E-state index contributed by atoms with van der Waals surface area (Å²) in [5, 5.41) is 3.64. The number of methoxy groups -OCH3 is 1. The molecular weight excluding hydrogens is 238 g/mol. The van der Waals surface area contributed by atoms with E-state index in [4.69, 9.17) is 9.47 Å². The first-order valence-corrected chi connectivity index (χ1v) is 6.96. The van der Waals surface area contributed by atoms with Crippen LogP contribution in [0.25, 0.3) is 0 Å². The van der Waals surface area contributed by atoms with Gasteiger partial charge in [-0.2, -0.15) is 0 Å². The van der Waals surface area contributed by atoms with Gasteiger partial charge in [0.2, 0.25) is 0 Å². The summed E-state index contributed by atoms with van der Waals surface area (Å²) >= 11 is 0. The van der Waals surface area contributed by atoms with Crippen molar-refractivity contribution in [3.05, 3.63) is 29.3 Å². The fourth-order valence-corrected chi connectivity index (χ4v) is 2.54. The maximum absolute atomic E-state index is 5.73. The van der Waals surface area contributed by atoms with E-state index in [1.165, 1.54) is 11.1 Å². The predicted molar refractivity (Wildman–Crippen MR) is 77.9 cm³/mol. The highest BCUT2D eigenvalue weighted by Crippen LogP contribution is 2.32. The Labute approximate surface area is 116 Å². The first-order valence-electron chi connectivity index (χ1n) is 6.96. The average Bonchev–Trinajstić information content (AvgIpc) is 2.36. The zero-order chi connectivity index (χ0) is 14.0. The maximum atomic E-state index is 5.73. The fraction of sp³-hybridized carbons (Fsp3) is 0.625. The molecule has 0 aliphatic carbocycles. The van der Waals surface area contributed by atoms with Gasteiger partial charge in [0.25, 0.3) is 0 Å². The molecule has 1 saturated heterocycles. The van der Waals surface area contributed by atoms with Crippen molar-refractivity contribution in [2.75, 3.05) is 20.3 Å². The van der Waals surface area contributed by atoms with E-state index in [1.54, 1.807) is 7.11 Å². The van der Waals surface area contributed by atoms with Gasteiger partial charge >= 0.3 is 0 Å². The minimum Gasteiger partial charge on any atom is -0.496 e. The van der Waals surface area contributed by atoms with Crippen LogP contribution in [0.3, 0.4) is 0 Å². The Kier molecular flexibility index (Phi) is 4.16. The van der Waals surface area contributed by atoms with Crippen LogP contribution in [0.5, 0.6) is 5.75 Å². The van der Waals surface area contributed by atoms with Gasteiger partial charge in [-0.1, -0.05) is 26.0 Å². The van der Waals surface area contributed by atoms with E-state index in [2.05, 4.69) is 51.2 Å². The van der Waals surface area contributed by atoms with Crippen LogP contribution in [0.15, 0.2) is 18.2 Å². The topological polar surface area (TPSA) is 30.5 Å². The van der Waals surface area contributed by atoms with E-state index in [0.717, 1.165) is 12.4 Å². The van der Waals surface area contributed by atoms with Crippen LogP contribution in [0.1, 0.15) is 50.8 Å². The van der Waals surface area contributed by atoms with Gasteiger partial charge in [-0.25, -0.2) is 0 Å². The molecule has 19 heavy (non-hydrogen) atoms. The van der Waals surface area contributed by atoms with Crippen LogP contribution in [-0.4, -0.2) is 25.9 Å². The normalized spacial score (nSPS) is 22.5. The van der Waals surface area contributed by atoms with Crippen LogP contribution < -0.4 is 10.1 Å². The van der Waals surface area contributed by atoms with Gasteiger partial charge in [-0.15, -0.1) is 0 Å². The summed E-state index contributed by atoms with van der Waals surface area (Å²) in [7, 11) is 1.72. The lowest BCUT2D eigenvalue weighted by Crippen LogP contribution is -2.51. The quantitative estimate of drug-likeness (QED) is 0.908.